The zero-order valence-corrected chi connectivity index (χ0v) is 16.6. The molecule has 1 aliphatic heterocycles. The van der Waals surface area contributed by atoms with Gasteiger partial charge in [0.05, 0.1) is 0 Å². The molecule has 29 heavy (non-hydrogen) atoms. The van der Waals surface area contributed by atoms with E-state index in [0.29, 0.717) is 22.6 Å². The van der Waals surface area contributed by atoms with Crippen molar-refractivity contribution in [3.05, 3.63) is 53.3 Å². The minimum Gasteiger partial charge on any atom is -0.481 e. The molecular formula is C24H26F4O. The Morgan fingerprint density at radius 2 is 1.72 bits per heavy atom. The largest absolute Gasteiger partial charge is 0.481 e. The van der Waals surface area contributed by atoms with E-state index in [1.807, 2.05) is 6.07 Å². The Kier molecular flexibility index (Phi) is 5.58. The zero-order chi connectivity index (χ0) is 20.6. The minimum absolute atomic E-state index is 0.109. The van der Waals surface area contributed by atoms with Crippen molar-refractivity contribution in [3.8, 4) is 16.9 Å². The summed E-state index contributed by atoms with van der Waals surface area (Å²) in [5, 5.41) is 0. The van der Waals surface area contributed by atoms with Crippen LogP contribution in [0.5, 0.6) is 5.75 Å². The molecule has 5 heteroatoms. The molecule has 2 aliphatic rings. The molecule has 0 N–H and O–H groups in total. The summed E-state index contributed by atoms with van der Waals surface area (Å²) >= 11 is 0. The van der Waals surface area contributed by atoms with Crippen LogP contribution < -0.4 is 4.74 Å². The first-order valence-electron chi connectivity index (χ1n) is 10.5. The molecule has 0 aromatic heterocycles. The number of fused-ring (bicyclic) bond motifs is 1. The smallest absolute Gasteiger partial charge is 0.425 e. The maximum atomic E-state index is 14.9. The van der Waals surface area contributed by atoms with Gasteiger partial charge < -0.3 is 4.74 Å². The third kappa shape index (κ3) is 4.29. The van der Waals surface area contributed by atoms with Crippen molar-refractivity contribution in [2.24, 2.45) is 5.92 Å². The predicted octanol–water partition coefficient (Wildman–Crippen LogP) is 7.43. The summed E-state index contributed by atoms with van der Waals surface area (Å²) in [6.45, 7) is 2.23. The maximum absolute atomic E-state index is 14.9. The van der Waals surface area contributed by atoms with Gasteiger partial charge in [0.1, 0.15) is 11.6 Å². The van der Waals surface area contributed by atoms with Gasteiger partial charge in [-0.05, 0) is 85.3 Å². The first-order chi connectivity index (χ1) is 13.8. The molecule has 0 radical (unpaired) electrons. The molecule has 2 aromatic carbocycles. The van der Waals surface area contributed by atoms with Crippen LogP contribution in [-0.2, 0) is 6.42 Å². The van der Waals surface area contributed by atoms with Gasteiger partial charge >= 0.3 is 6.18 Å². The lowest BCUT2D eigenvalue weighted by Gasteiger charge is -2.28. The third-order valence-corrected chi connectivity index (χ3v) is 6.57. The van der Waals surface area contributed by atoms with Gasteiger partial charge in [0, 0.05) is 5.56 Å². The molecule has 0 bridgehead atoms. The summed E-state index contributed by atoms with van der Waals surface area (Å²) in [6.07, 6.45) is -0.139. The van der Waals surface area contributed by atoms with Gasteiger partial charge in [-0.15, -0.1) is 0 Å². The van der Waals surface area contributed by atoms with E-state index in [-0.39, 0.29) is 24.4 Å². The molecule has 4 rings (SSSR count). The van der Waals surface area contributed by atoms with Crippen molar-refractivity contribution < 1.29 is 22.3 Å². The molecule has 0 saturated heterocycles. The van der Waals surface area contributed by atoms with E-state index < -0.39 is 12.3 Å². The van der Waals surface area contributed by atoms with E-state index in [1.54, 1.807) is 24.3 Å². The van der Waals surface area contributed by atoms with Crippen LogP contribution in [0.4, 0.5) is 17.6 Å². The third-order valence-electron chi connectivity index (χ3n) is 6.57. The Labute approximate surface area is 169 Å². The highest BCUT2D eigenvalue weighted by Crippen LogP contribution is 2.40. The van der Waals surface area contributed by atoms with Crippen molar-refractivity contribution >= 4 is 0 Å². The fraction of sp³-hybridized carbons (Fsp3) is 0.500. The monoisotopic (exact) mass is 406 g/mol. The van der Waals surface area contributed by atoms with E-state index in [9.17, 15) is 17.6 Å². The summed E-state index contributed by atoms with van der Waals surface area (Å²) in [5.74, 6) is 1.18. The summed E-state index contributed by atoms with van der Waals surface area (Å²) in [7, 11) is 0. The maximum Gasteiger partial charge on any atom is 0.425 e. The number of aryl methyl sites for hydroxylation is 1. The Morgan fingerprint density at radius 3 is 2.38 bits per heavy atom. The van der Waals surface area contributed by atoms with Crippen LogP contribution in [-0.4, -0.2) is 12.3 Å². The minimum atomic E-state index is -4.37. The normalized spacial score (nSPS) is 24.7. The van der Waals surface area contributed by atoms with Crippen LogP contribution >= 0.6 is 0 Å². The number of benzene rings is 2. The van der Waals surface area contributed by atoms with Crippen LogP contribution in [0.25, 0.3) is 11.1 Å². The fourth-order valence-corrected chi connectivity index (χ4v) is 4.71. The molecule has 1 fully saturated rings. The second-order valence-corrected chi connectivity index (χ2v) is 8.37. The number of halogens is 4. The molecule has 1 heterocycles. The van der Waals surface area contributed by atoms with Crippen molar-refractivity contribution in [1.82, 2.24) is 0 Å². The van der Waals surface area contributed by atoms with Gasteiger partial charge in [-0.25, -0.2) is 4.39 Å². The lowest BCUT2D eigenvalue weighted by molar-refractivity contribution is -0.199. The second-order valence-electron chi connectivity index (χ2n) is 8.37. The van der Waals surface area contributed by atoms with Gasteiger partial charge in [-0.3, -0.25) is 0 Å². The zero-order valence-electron chi connectivity index (χ0n) is 16.6. The average Bonchev–Trinajstić information content (AvgIpc) is 2.72. The van der Waals surface area contributed by atoms with E-state index in [2.05, 4.69) is 6.92 Å². The van der Waals surface area contributed by atoms with Crippen molar-refractivity contribution in [2.45, 2.75) is 70.1 Å². The molecular weight excluding hydrogens is 380 g/mol. The van der Waals surface area contributed by atoms with Gasteiger partial charge in [0.25, 0.3) is 0 Å². The lowest BCUT2D eigenvalue weighted by Crippen LogP contribution is -2.37. The Morgan fingerprint density at radius 1 is 0.966 bits per heavy atom. The predicted molar refractivity (Wildman–Crippen MR) is 106 cm³/mol. The number of rotatable bonds is 3. The first-order valence-corrected chi connectivity index (χ1v) is 10.5. The van der Waals surface area contributed by atoms with Gasteiger partial charge in [-0.2, -0.15) is 13.2 Å². The molecule has 1 nitrogen and oxygen atoms in total. The van der Waals surface area contributed by atoms with Gasteiger partial charge in [0.15, 0.2) is 6.10 Å². The Balaban J connectivity index is 1.52. The summed E-state index contributed by atoms with van der Waals surface area (Å²) < 4.78 is 58.7. The first kappa shape index (κ1) is 20.2. The molecule has 0 spiro atoms. The Bertz CT molecular complexity index is 866. The molecule has 156 valence electrons. The summed E-state index contributed by atoms with van der Waals surface area (Å²) in [6, 6.07) is 10.4. The van der Waals surface area contributed by atoms with Crippen molar-refractivity contribution in [3.63, 3.8) is 0 Å². The quantitative estimate of drug-likeness (QED) is 0.482. The molecule has 1 atom stereocenters. The SMILES string of the molecule is CC[C@H]1CC[C@H](c2ccc(-c3ccc4c(c3)CCC(C(F)(F)F)O4)c(F)c2)CC1. The fourth-order valence-electron chi connectivity index (χ4n) is 4.71. The van der Waals surface area contributed by atoms with Gasteiger partial charge in [0.2, 0.25) is 0 Å². The molecule has 1 aliphatic carbocycles. The number of hydrogen-bond acceptors (Lipinski definition) is 1. The highest BCUT2D eigenvalue weighted by atomic mass is 19.4. The highest BCUT2D eigenvalue weighted by Gasteiger charge is 2.43. The van der Waals surface area contributed by atoms with Crippen molar-refractivity contribution in [2.75, 3.05) is 0 Å². The standard InChI is InChI=1S/C24H26F4O/c1-2-15-3-5-16(6-4-15)17-7-10-20(21(25)14-17)18-8-11-22-19(13-18)9-12-23(29-22)24(26,27)28/h7-8,10-11,13-16,23H,2-6,9,12H2,1H3/t15-,16-,23?. The molecule has 2 aromatic rings. The molecule has 1 saturated carbocycles. The lowest BCUT2D eigenvalue weighted by atomic mass is 9.77. The van der Waals surface area contributed by atoms with E-state index in [4.69, 9.17) is 4.74 Å². The van der Waals surface area contributed by atoms with E-state index in [1.165, 1.54) is 25.3 Å². The summed E-state index contributed by atoms with van der Waals surface area (Å²) in [4.78, 5) is 0. The van der Waals surface area contributed by atoms with Crippen LogP contribution in [0.3, 0.4) is 0 Å². The number of alkyl halides is 3. The second kappa shape index (κ2) is 8.00. The van der Waals surface area contributed by atoms with Crippen molar-refractivity contribution in [1.29, 1.82) is 0 Å². The molecule has 1 unspecified atom stereocenters. The van der Waals surface area contributed by atoms with E-state index >= 15 is 0 Å². The van der Waals surface area contributed by atoms with Crippen LogP contribution in [0, 0.1) is 11.7 Å². The van der Waals surface area contributed by atoms with Gasteiger partial charge in [-0.1, -0.05) is 31.5 Å². The summed E-state index contributed by atoms with van der Waals surface area (Å²) in [5.41, 5.74) is 2.91. The highest BCUT2D eigenvalue weighted by molar-refractivity contribution is 5.67. The van der Waals surface area contributed by atoms with Crippen LogP contribution in [0.15, 0.2) is 36.4 Å². The van der Waals surface area contributed by atoms with Crippen LogP contribution in [0.2, 0.25) is 0 Å². The topological polar surface area (TPSA) is 9.23 Å². The Hall–Kier alpha value is -2.04. The van der Waals surface area contributed by atoms with Crippen LogP contribution in [0.1, 0.15) is 62.5 Å². The average molecular weight is 406 g/mol. The number of hydrogen-bond donors (Lipinski definition) is 0. The molecule has 0 amide bonds. The number of ether oxygens (including phenoxy) is 1. The van der Waals surface area contributed by atoms with E-state index in [0.717, 1.165) is 24.3 Å².